The number of hydrogen-bond acceptors (Lipinski definition) is 6. The minimum atomic E-state index is -0.385. The summed E-state index contributed by atoms with van der Waals surface area (Å²) in [5.41, 5.74) is 4.92. The van der Waals surface area contributed by atoms with Crippen LogP contribution in [0.15, 0.2) is 48.7 Å². The fourth-order valence-corrected chi connectivity index (χ4v) is 5.06. The van der Waals surface area contributed by atoms with Gasteiger partial charge in [0.1, 0.15) is 17.0 Å². The van der Waals surface area contributed by atoms with E-state index in [1.54, 1.807) is 20.2 Å². The molecule has 0 radical (unpaired) electrons. The van der Waals surface area contributed by atoms with E-state index in [1.165, 1.54) is 0 Å². The first kappa shape index (κ1) is 20.6. The molecule has 0 spiro atoms. The van der Waals surface area contributed by atoms with Crippen LogP contribution >= 0.6 is 0 Å². The molecule has 1 N–H and O–H groups in total. The summed E-state index contributed by atoms with van der Waals surface area (Å²) in [4.78, 5) is 18.3. The zero-order valence-electron chi connectivity index (χ0n) is 18.7. The number of nitrogens with zero attached hydrogens (tertiary/aromatic N) is 2. The van der Waals surface area contributed by atoms with Gasteiger partial charge in [0.25, 0.3) is 0 Å². The van der Waals surface area contributed by atoms with Crippen molar-refractivity contribution in [1.29, 1.82) is 0 Å². The number of fused-ring (bicyclic) bond motifs is 4. The highest BCUT2D eigenvalue weighted by atomic mass is 16.7. The van der Waals surface area contributed by atoms with E-state index in [4.69, 9.17) is 14.3 Å². The van der Waals surface area contributed by atoms with Gasteiger partial charge in [0.15, 0.2) is 0 Å². The average molecular weight is 434 g/mol. The quantitative estimate of drug-likeness (QED) is 0.603. The van der Waals surface area contributed by atoms with Crippen molar-refractivity contribution in [2.24, 2.45) is 5.92 Å². The molecule has 0 amide bonds. The van der Waals surface area contributed by atoms with E-state index in [0.29, 0.717) is 24.5 Å². The van der Waals surface area contributed by atoms with Gasteiger partial charge < -0.3 is 9.47 Å². The Morgan fingerprint density at radius 1 is 1.28 bits per heavy atom. The topological polar surface area (TPSA) is 76.7 Å². The van der Waals surface area contributed by atoms with Gasteiger partial charge in [-0.25, -0.2) is 9.86 Å². The average Bonchev–Trinajstić information content (AvgIpc) is 3.29. The van der Waals surface area contributed by atoms with Crippen molar-refractivity contribution >= 4 is 11.7 Å². The van der Waals surface area contributed by atoms with Gasteiger partial charge in [-0.2, -0.15) is 5.10 Å². The molecule has 166 valence electrons. The van der Waals surface area contributed by atoms with E-state index in [2.05, 4.69) is 36.2 Å². The highest BCUT2D eigenvalue weighted by Crippen LogP contribution is 2.55. The molecule has 1 aromatic heterocycles. The maximum atomic E-state index is 12.4. The van der Waals surface area contributed by atoms with Crippen molar-refractivity contribution in [2.75, 3.05) is 25.4 Å². The number of aromatic amines is 1. The van der Waals surface area contributed by atoms with Gasteiger partial charge in [-0.05, 0) is 30.7 Å². The lowest BCUT2D eigenvalue weighted by Gasteiger charge is -2.52. The highest BCUT2D eigenvalue weighted by Gasteiger charge is 2.50. The molecule has 3 heterocycles. The third kappa shape index (κ3) is 2.99. The fourth-order valence-electron chi connectivity index (χ4n) is 5.06. The number of nitrogens with one attached hydrogen (secondary N) is 1. The smallest absolute Gasteiger partial charge is 0.341 e. The summed E-state index contributed by atoms with van der Waals surface area (Å²) in [6, 6.07) is 14.3. The van der Waals surface area contributed by atoms with Gasteiger partial charge in [-0.15, -0.1) is 0 Å². The minimum Gasteiger partial charge on any atom is -0.493 e. The van der Waals surface area contributed by atoms with E-state index in [1.807, 2.05) is 35.4 Å². The van der Waals surface area contributed by atoms with E-state index in [0.717, 1.165) is 28.1 Å². The lowest BCUT2D eigenvalue weighted by Crippen LogP contribution is -2.51. The van der Waals surface area contributed by atoms with Crippen molar-refractivity contribution in [3.63, 3.8) is 0 Å². The molecular formula is C25H27N3O4. The number of ether oxygens (including phenoxy) is 2. The Balaban J connectivity index is 1.63. The van der Waals surface area contributed by atoms with Crippen LogP contribution in [0.5, 0.6) is 5.75 Å². The summed E-state index contributed by atoms with van der Waals surface area (Å²) in [5, 5.41) is 9.14. The molecule has 0 fully saturated rings. The van der Waals surface area contributed by atoms with E-state index >= 15 is 0 Å². The molecule has 0 unspecified atom stereocenters. The third-order valence-electron chi connectivity index (χ3n) is 6.75. The van der Waals surface area contributed by atoms with Crippen LogP contribution in [0.4, 0.5) is 5.69 Å². The summed E-state index contributed by atoms with van der Waals surface area (Å²) in [5.74, 6) is 0.690. The maximum Gasteiger partial charge on any atom is 0.341 e. The first-order valence-electron chi connectivity index (χ1n) is 10.9. The highest BCUT2D eigenvalue weighted by molar-refractivity contribution is 5.96. The Kier molecular flexibility index (Phi) is 4.93. The van der Waals surface area contributed by atoms with Gasteiger partial charge in [0.05, 0.1) is 32.1 Å². The summed E-state index contributed by atoms with van der Waals surface area (Å²) < 4.78 is 11.4. The molecule has 2 aromatic carbocycles. The zero-order chi connectivity index (χ0) is 22.5. The van der Waals surface area contributed by atoms with Crippen LogP contribution in [-0.2, 0) is 15.0 Å². The van der Waals surface area contributed by atoms with Gasteiger partial charge >= 0.3 is 5.97 Å². The van der Waals surface area contributed by atoms with Crippen LogP contribution < -0.4 is 9.80 Å². The Morgan fingerprint density at radius 2 is 2.09 bits per heavy atom. The number of rotatable bonds is 4. The third-order valence-corrected chi connectivity index (χ3v) is 6.75. The van der Waals surface area contributed by atoms with Crippen LogP contribution in [0.1, 0.15) is 48.3 Å². The van der Waals surface area contributed by atoms with Gasteiger partial charge in [0.2, 0.25) is 0 Å². The lowest BCUT2D eigenvalue weighted by molar-refractivity contribution is 0.0442. The minimum absolute atomic E-state index is 0.0405. The van der Waals surface area contributed by atoms with Crippen molar-refractivity contribution in [3.8, 4) is 17.0 Å². The molecule has 5 rings (SSSR count). The van der Waals surface area contributed by atoms with Crippen LogP contribution in [0.25, 0.3) is 11.3 Å². The van der Waals surface area contributed by atoms with E-state index < -0.39 is 0 Å². The normalized spacial score (nSPS) is 20.6. The Labute approximate surface area is 187 Å². The molecular weight excluding hydrogens is 406 g/mol. The van der Waals surface area contributed by atoms with Crippen LogP contribution in [-0.4, -0.2) is 36.5 Å². The van der Waals surface area contributed by atoms with E-state index in [-0.39, 0.29) is 23.3 Å². The second-order valence-corrected chi connectivity index (χ2v) is 8.73. The first-order valence-corrected chi connectivity index (χ1v) is 10.9. The number of para-hydroxylation sites is 1. The summed E-state index contributed by atoms with van der Waals surface area (Å²) >= 11 is 0. The van der Waals surface area contributed by atoms with Crippen molar-refractivity contribution in [1.82, 2.24) is 10.2 Å². The maximum absolute atomic E-state index is 12.4. The molecule has 3 aromatic rings. The van der Waals surface area contributed by atoms with Crippen LogP contribution in [0.3, 0.4) is 0 Å². The molecule has 0 saturated heterocycles. The summed E-state index contributed by atoms with van der Waals surface area (Å²) in [6.07, 6.45) is 1.58. The van der Waals surface area contributed by atoms with Crippen molar-refractivity contribution < 1.29 is 19.1 Å². The van der Waals surface area contributed by atoms with Crippen LogP contribution in [0, 0.1) is 5.92 Å². The predicted molar refractivity (Wildman–Crippen MR) is 121 cm³/mol. The number of carbonyl (C=O) groups is 1. The molecule has 32 heavy (non-hydrogen) atoms. The second kappa shape index (κ2) is 7.67. The van der Waals surface area contributed by atoms with E-state index in [9.17, 15) is 4.79 Å². The van der Waals surface area contributed by atoms with Crippen LogP contribution in [0.2, 0.25) is 0 Å². The van der Waals surface area contributed by atoms with Gasteiger partial charge in [0, 0.05) is 28.7 Å². The number of hydrogen-bond donors (Lipinski definition) is 1. The first-order chi connectivity index (χ1) is 15.5. The van der Waals surface area contributed by atoms with Gasteiger partial charge in [-0.1, -0.05) is 38.1 Å². The Bertz CT molecular complexity index is 1170. The lowest BCUT2D eigenvalue weighted by atomic mass is 9.65. The Morgan fingerprint density at radius 3 is 2.88 bits per heavy atom. The van der Waals surface area contributed by atoms with Gasteiger partial charge in [-0.3, -0.25) is 9.94 Å². The standard InChI is InChI=1S/C25H27N3O4/c1-5-31-24(29)17-13-26-27-22(17)15-10-11-20-18(12-15)25(2,3)19-14-32-21-9-7-6-8-16(21)23(19)28(20)30-4/h6-13,19,23H,5,14H2,1-4H3,(H,26,27)/t19-,23+/m0/s1. The number of carbonyl (C=O) groups excluding carboxylic acids is 1. The fraction of sp³-hybridized carbons (Fsp3) is 0.360. The zero-order valence-corrected chi connectivity index (χ0v) is 18.7. The number of benzene rings is 2. The number of hydroxylamine groups is 1. The molecule has 2 aliphatic heterocycles. The summed E-state index contributed by atoms with van der Waals surface area (Å²) in [7, 11) is 1.71. The Hall–Kier alpha value is -3.32. The number of aromatic nitrogens is 2. The molecule has 7 heteroatoms. The molecule has 2 atom stereocenters. The molecule has 0 aliphatic carbocycles. The predicted octanol–water partition coefficient (Wildman–Crippen LogP) is 4.66. The molecule has 7 nitrogen and oxygen atoms in total. The number of H-pyrrole nitrogens is 1. The van der Waals surface area contributed by atoms with Crippen molar-refractivity contribution in [2.45, 2.75) is 32.2 Å². The number of anilines is 1. The van der Waals surface area contributed by atoms with Crippen molar-refractivity contribution in [3.05, 3.63) is 65.4 Å². The monoisotopic (exact) mass is 433 g/mol. The molecule has 0 bridgehead atoms. The second-order valence-electron chi connectivity index (χ2n) is 8.73. The largest absolute Gasteiger partial charge is 0.493 e. The number of esters is 1. The summed E-state index contributed by atoms with van der Waals surface area (Å²) in [6.45, 7) is 7.19. The molecule has 0 saturated carbocycles. The molecule has 2 aliphatic rings. The SMILES string of the molecule is CCOC(=O)c1c[nH]nc1-c1ccc2c(c1)C(C)(C)[C@H]1COc3ccccc3[C@H]1N2OC.